The van der Waals surface area contributed by atoms with E-state index in [0.29, 0.717) is 5.92 Å². The molecule has 5 heteroatoms. The van der Waals surface area contributed by atoms with Gasteiger partial charge >= 0.3 is 0 Å². The van der Waals surface area contributed by atoms with Gasteiger partial charge in [-0.25, -0.2) is 13.1 Å². The van der Waals surface area contributed by atoms with Gasteiger partial charge in [-0.05, 0) is 43.0 Å². The first-order valence-corrected chi connectivity index (χ1v) is 7.65. The molecule has 0 aromatic heterocycles. The second kappa shape index (κ2) is 5.33. The minimum atomic E-state index is -3.44. The molecule has 19 heavy (non-hydrogen) atoms. The molecule has 0 saturated heterocycles. The molecule has 0 spiro atoms. The normalized spacial score (nSPS) is 21.6. The second-order valence-corrected chi connectivity index (χ2v) is 6.59. The Balaban J connectivity index is 2.23. The number of nitrogens with one attached hydrogen (secondary N) is 1. The van der Waals surface area contributed by atoms with Crippen molar-refractivity contribution >= 4 is 10.0 Å². The quantitative estimate of drug-likeness (QED) is 0.812. The molecule has 0 bridgehead atoms. The Morgan fingerprint density at radius 1 is 1.47 bits per heavy atom. The molecule has 4 nitrogen and oxygen atoms in total. The molecule has 1 aromatic carbocycles. The Hall–Kier alpha value is -1.35. The van der Waals surface area contributed by atoms with Crippen LogP contribution >= 0.6 is 0 Å². The maximum atomic E-state index is 12.1. The van der Waals surface area contributed by atoms with Crippen molar-refractivity contribution in [2.45, 2.75) is 31.2 Å². The Labute approximate surface area is 113 Å². The van der Waals surface area contributed by atoms with Crippen LogP contribution in [0, 0.1) is 24.7 Å². The van der Waals surface area contributed by atoms with E-state index in [0.717, 1.165) is 17.5 Å². The molecular formula is C14H17NO3S. The smallest absolute Gasteiger partial charge is 0.240 e. The van der Waals surface area contributed by atoms with Gasteiger partial charge in [0, 0.05) is 11.6 Å². The van der Waals surface area contributed by atoms with Crippen LogP contribution in [-0.2, 0) is 10.0 Å². The number of hydrogen-bond donors (Lipinski definition) is 2. The first-order chi connectivity index (χ1) is 8.94. The van der Waals surface area contributed by atoms with E-state index in [4.69, 9.17) is 5.11 Å². The van der Waals surface area contributed by atoms with Crippen LogP contribution < -0.4 is 4.72 Å². The molecule has 0 heterocycles. The predicted molar refractivity (Wildman–Crippen MR) is 73.0 cm³/mol. The topological polar surface area (TPSA) is 66.4 Å². The third-order valence-corrected chi connectivity index (χ3v) is 4.71. The average Bonchev–Trinajstić information content (AvgIpc) is 3.02. The Kier molecular flexibility index (Phi) is 3.95. The van der Waals surface area contributed by atoms with E-state index < -0.39 is 10.0 Å². The second-order valence-electron chi connectivity index (χ2n) is 4.88. The van der Waals surface area contributed by atoms with Crippen molar-refractivity contribution < 1.29 is 13.5 Å². The molecule has 0 amide bonds. The molecule has 1 fully saturated rings. The van der Waals surface area contributed by atoms with E-state index in [1.807, 2.05) is 6.92 Å². The summed E-state index contributed by atoms with van der Waals surface area (Å²) in [6.07, 6.45) is 0.901. The summed E-state index contributed by atoms with van der Waals surface area (Å²) in [5, 5.41) is 8.65. The fourth-order valence-corrected chi connectivity index (χ4v) is 3.27. The van der Waals surface area contributed by atoms with Gasteiger partial charge in [-0.3, -0.25) is 0 Å². The van der Waals surface area contributed by atoms with E-state index in [2.05, 4.69) is 16.6 Å². The van der Waals surface area contributed by atoms with E-state index in [1.165, 1.54) is 0 Å². The highest BCUT2D eigenvalue weighted by Gasteiger charge is 2.36. The minimum absolute atomic E-state index is 0.0687. The largest absolute Gasteiger partial charge is 0.384 e. The van der Waals surface area contributed by atoms with Gasteiger partial charge in [-0.15, -0.1) is 0 Å². The van der Waals surface area contributed by atoms with Crippen molar-refractivity contribution in [3.05, 3.63) is 29.3 Å². The molecule has 1 aromatic rings. The van der Waals surface area contributed by atoms with E-state index in [9.17, 15) is 8.42 Å². The van der Waals surface area contributed by atoms with Gasteiger partial charge in [0.2, 0.25) is 10.0 Å². The predicted octanol–water partition coefficient (Wildman–Crippen LogP) is 1.03. The third kappa shape index (κ3) is 3.35. The molecular weight excluding hydrogens is 262 g/mol. The SMILES string of the molecule is Cc1cc(S(=O)(=O)NC2CC2C)ccc1C#CCO. The maximum Gasteiger partial charge on any atom is 0.240 e. The highest BCUT2D eigenvalue weighted by molar-refractivity contribution is 7.89. The lowest BCUT2D eigenvalue weighted by Gasteiger charge is -2.07. The average molecular weight is 279 g/mol. The van der Waals surface area contributed by atoms with Crippen molar-refractivity contribution in [1.82, 2.24) is 4.72 Å². The molecule has 1 aliphatic rings. The van der Waals surface area contributed by atoms with Gasteiger partial charge in [0.1, 0.15) is 6.61 Å². The van der Waals surface area contributed by atoms with Crippen LogP contribution in [0.2, 0.25) is 0 Å². The van der Waals surface area contributed by atoms with Crippen LogP contribution in [0.4, 0.5) is 0 Å². The van der Waals surface area contributed by atoms with E-state index >= 15 is 0 Å². The van der Waals surface area contributed by atoms with Gasteiger partial charge in [0.15, 0.2) is 0 Å². The fourth-order valence-electron chi connectivity index (χ4n) is 1.83. The summed E-state index contributed by atoms with van der Waals surface area (Å²) in [6.45, 7) is 3.62. The lowest BCUT2D eigenvalue weighted by molar-refractivity contribution is 0.350. The molecule has 2 N–H and O–H groups in total. The van der Waals surface area contributed by atoms with Gasteiger partial charge in [0.25, 0.3) is 0 Å². The number of aryl methyl sites for hydroxylation is 1. The number of aliphatic hydroxyl groups is 1. The first-order valence-electron chi connectivity index (χ1n) is 6.17. The fraction of sp³-hybridized carbons (Fsp3) is 0.429. The van der Waals surface area contributed by atoms with Crippen molar-refractivity contribution in [1.29, 1.82) is 0 Å². The zero-order valence-corrected chi connectivity index (χ0v) is 11.8. The van der Waals surface area contributed by atoms with Gasteiger partial charge in [-0.2, -0.15) is 0 Å². The standard InChI is InChI=1S/C14H17NO3S/c1-10-8-13(6-5-12(10)4-3-7-16)19(17,18)15-14-9-11(14)2/h5-6,8,11,14-16H,7,9H2,1-2H3. The number of aliphatic hydroxyl groups excluding tert-OH is 1. The summed E-state index contributed by atoms with van der Waals surface area (Å²) < 4.78 is 26.9. The summed E-state index contributed by atoms with van der Waals surface area (Å²) in [4.78, 5) is 0.263. The summed E-state index contributed by atoms with van der Waals surface area (Å²) in [6, 6.07) is 4.89. The van der Waals surface area contributed by atoms with Crippen LogP contribution in [0.5, 0.6) is 0 Å². The van der Waals surface area contributed by atoms with Crippen molar-refractivity contribution in [3.63, 3.8) is 0 Å². The first kappa shape index (κ1) is 14.1. The Bertz CT molecular complexity index is 640. The summed E-state index contributed by atoms with van der Waals surface area (Å²) in [7, 11) is -3.44. The summed E-state index contributed by atoms with van der Waals surface area (Å²) in [5.41, 5.74) is 1.51. The number of rotatable bonds is 3. The zero-order valence-electron chi connectivity index (χ0n) is 11.0. The number of hydrogen-bond acceptors (Lipinski definition) is 3. The minimum Gasteiger partial charge on any atom is -0.384 e. The lowest BCUT2D eigenvalue weighted by atomic mass is 10.1. The molecule has 1 aliphatic carbocycles. The van der Waals surface area contributed by atoms with Gasteiger partial charge in [-0.1, -0.05) is 18.8 Å². The number of benzene rings is 1. The van der Waals surface area contributed by atoms with Crippen LogP contribution in [0.25, 0.3) is 0 Å². The van der Waals surface area contributed by atoms with E-state index in [1.54, 1.807) is 25.1 Å². The van der Waals surface area contributed by atoms with Gasteiger partial charge in [0.05, 0.1) is 4.90 Å². The zero-order chi connectivity index (χ0) is 14.0. The molecule has 0 radical (unpaired) electrons. The summed E-state index contributed by atoms with van der Waals surface area (Å²) >= 11 is 0. The number of sulfonamides is 1. The molecule has 2 rings (SSSR count). The highest BCUT2D eigenvalue weighted by atomic mass is 32.2. The van der Waals surface area contributed by atoms with Crippen LogP contribution in [-0.4, -0.2) is 26.2 Å². The van der Waals surface area contributed by atoms with Crippen LogP contribution in [0.1, 0.15) is 24.5 Å². The summed E-state index contributed by atoms with van der Waals surface area (Å²) in [5.74, 6) is 5.76. The van der Waals surface area contributed by atoms with Crippen molar-refractivity contribution in [2.24, 2.45) is 5.92 Å². The monoisotopic (exact) mass is 279 g/mol. The maximum absolute atomic E-state index is 12.1. The lowest BCUT2D eigenvalue weighted by Crippen LogP contribution is -2.26. The van der Waals surface area contributed by atoms with Gasteiger partial charge < -0.3 is 5.11 Å². The van der Waals surface area contributed by atoms with E-state index in [-0.39, 0.29) is 17.5 Å². The van der Waals surface area contributed by atoms with Crippen LogP contribution in [0.3, 0.4) is 0 Å². The molecule has 2 unspecified atom stereocenters. The Morgan fingerprint density at radius 2 is 2.16 bits per heavy atom. The highest BCUT2D eigenvalue weighted by Crippen LogP contribution is 2.30. The third-order valence-electron chi connectivity index (χ3n) is 3.23. The Morgan fingerprint density at radius 3 is 2.68 bits per heavy atom. The molecule has 0 aliphatic heterocycles. The molecule has 2 atom stereocenters. The van der Waals surface area contributed by atoms with Crippen molar-refractivity contribution in [3.8, 4) is 11.8 Å². The van der Waals surface area contributed by atoms with Crippen molar-refractivity contribution in [2.75, 3.05) is 6.61 Å². The van der Waals surface area contributed by atoms with Crippen LogP contribution in [0.15, 0.2) is 23.1 Å². The molecule has 102 valence electrons. The molecule has 1 saturated carbocycles.